The second-order valence-corrected chi connectivity index (χ2v) is 7.59. The zero-order valence-corrected chi connectivity index (χ0v) is 16.0. The molecular weight excluding hydrogens is 352 g/mol. The highest BCUT2D eigenvalue weighted by molar-refractivity contribution is 5.86. The number of carbonyl (C=O) groups excluding carboxylic acids is 2. The van der Waals surface area contributed by atoms with Gasteiger partial charge in [0, 0.05) is 12.6 Å². The lowest BCUT2D eigenvalue weighted by atomic mass is 10.1. The van der Waals surface area contributed by atoms with Crippen LogP contribution in [0.4, 0.5) is 0 Å². The number of carbonyl (C=O) groups is 2. The van der Waals surface area contributed by atoms with E-state index in [1.807, 2.05) is 30.3 Å². The van der Waals surface area contributed by atoms with Crippen LogP contribution in [0.25, 0.3) is 0 Å². The third kappa shape index (κ3) is 4.25. The zero-order chi connectivity index (χ0) is 19.3. The highest BCUT2D eigenvalue weighted by Crippen LogP contribution is 2.22. The molecule has 1 atom stereocenters. The summed E-state index contributed by atoms with van der Waals surface area (Å²) in [6, 6.07) is 17.9. The molecule has 1 N–H and O–H groups in total. The largest absolute Gasteiger partial charge is 0.459 e. The molecular formula is C23H26N2O3. The maximum absolute atomic E-state index is 12.7. The van der Waals surface area contributed by atoms with Gasteiger partial charge < -0.3 is 15.0 Å². The number of rotatable bonds is 6. The molecule has 0 aromatic heterocycles. The molecule has 1 aliphatic heterocycles. The monoisotopic (exact) mass is 378 g/mol. The highest BCUT2D eigenvalue weighted by Gasteiger charge is 2.35. The molecule has 1 fully saturated rings. The smallest absolute Gasteiger partial charge is 0.329 e. The zero-order valence-electron chi connectivity index (χ0n) is 16.0. The maximum Gasteiger partial charge on any atom is 0.329 e. The number of nitrogens with one attached hydrogen (secondary N) is 1. The van der Waals surface area contributed by atoms with Crippen molar-refractivity contribution in [3.05, 3.63) is 71.3 Å². The van der Waals surface area contributed by atoms with E-state index in [1.54, 1.807) is 4.90 Å². The lowest BCUT2D eigenvalue weighted by molar-refractivity contribution is -0.154. The summed E-state index contributed by atoms with van der Waals surface area (Å²) in [6.07, 6.45) is 3.41. The molecule has 1 saturated heterocycles. The summed E-state index contributed by atoms with van der Waals surface area (Å²) in [5, 5.41) is 3.38. The third-order valence-electron chi connectivity index (χ3n) is 5.66. The summed E-state index contributed by atoms with van der Waals surface area (Å²) in [7, 11) is 0. The van der Waals surface area contributed by atoms with E-state index < -0.39 is 6.04 Å². The Kier molecular flexibility index (Phi) is 5.72. The van der Waals surface area contributed by atoms with Gasteiger partial charge in [-0.25, -0.2) is 4.79 Å². The standard InChI is InChI=1S/C23H26N2O3/c26-22(15-24-20-13-18-9-4-5-10-19(18)14-20)25-12-6-11-21(25)23(27)28-16-17-7-2-1-3-8-17/h1-5,7-10,20-21,24H,6,11-16H2/t21-/m0/s1. The second-order valence-electron chi connectivity index (χ2n) is 7.59. The highest BCUT2D eigenvalue weighted by atomic mass is 16.5. The lowest BCUT2D eigenvalue weighted by Crippen LogP contribution is -2.46. The van der Waals surface area contributed by atoms with Crippen LogP contribution in [-0.2, 0) is 33.8 Å². The van der Waals surface area contributed by atoms with Crippen molar-refractivity contribution in [1.82, 2.24) is 10.2 Å². The summed E-state index contributed by atoms with van der Waals surface area (Å²) in [4.78, 5) is 26.9. The summed E-state index contributed by atoms with van der Waals surface area (Å²) < 4.78 is 5.46. The van der Waals surface area contributed by atoms with Crippen molar-refractivity contribution in [1.29, 1.82) is 0 Å². The van der Waals surface area contributed by atoms with Gasteiger partial charge in [-0.2, -0.15) is 0 Å². The molecule has 0 spiro atoms. The normalized spacial score (nSPS) is 18.9. The van der Waals surface area contributed by atoms with Crippen LogP contribution in [0.2, 0.25) is 0 Å². The van der Waals surface area contributed by atoms with Crippen LogP contribution in [0.5, 0.6) is 0 Å². The molecule has 4 rings (SSSR count). The summed E-state index contributed by atoms with van der Waals surface area (Å²) >= 11 is 0. The molecule has 0 radical (unpaired) electrons. The van der Waals surface area contributed by atoms with Gasteiger partial charge in [0.25, 0.3) is 0 Å². The first-order chi connectivity index (χ1) is 13.7. The summed E-state index contributed by atoms with van der Waals surface area (Å²) in [5.74, 6) is -0.321. The Morgan fingerprint density at radius 1 is 1.00 bits per heavy atom. The van der Waals surface area contributed by atoms with Gasteiger partial charge in [0.1, 0.15) is 12.6 Å². The number of nitrogens with zero attached hydrogens (tertiary/aromatic N) is 1. The van der Waals surface area contributed by atoms with Gasteiger partial charge in [-0.05, 0) is 42.4 Å². The van der Waals surface area contributed by atoms with Gasteiger partial charge in [0.2, 0.25) is 5.91 Å². The first-order valence-electron chi connectivity index (χ1n) is 10.0. The minimum Gasteiger partial charge on any atom is -0.459 e. The van der Waals surface area contributed by atoms with Crippen LogP contribution in [0, 0.1) is 0 Å². The third-order valence-corrected chi connectivity index (χ3v) is 5.66. The molecule has 146 valence electrons. The van der Waals surface area contributed by atoms with Crippen molar-refractivity contribution in [2.75, 3.05) is 13.1 Å². The average Bonchev–Trinajstić information content (AvgIpc) is 3.38. The fourth-order valence-electron chi connectivity index (χ4n) is 4.17. The minimum atomic E-state index is -0.459. The molecule has 2 aromatic carbocycles. The number of likely N-dealkylation sites (tertiary alicyclic amines) is 1. The molecule has 1 amide bonds. The van der Waals surface area contributed by atoms with Gasteiger partial charge in [-0.1, -0.05) is 54.6 Å². The van der Waals surface area contributed by atoms with E-state index in [-0.39, 0.29) is 31.1 Å². The number of benzene rings is 2. The van der Waals surface area contributed by atoms with Crippen molar-refractivity contribution < 1.29 is 14.3 Å². The summed E-state index contributed by atoms with van der Waals surface area (Å²) in [5.41, 5.74) is 3.67. The van der Waals surface area contributed by atoms with Crippen molar-refractivity contribution in [2.24, 2.45) is 0 Å². The van der Waals surface area contributed by atoms with Crippen LogP contribution in [0.1, 0.15) is 29.5 Å². The Labute approximate surface area is 165 Å². The Balaban J connectivity index is 1.27. The number of hydrogen-bond donors (Lipinski definition) is 1. The number of fused-ring (bicyclic) bond motifs is 1. The Bertz CT molecular complexity index is 812. The molecule has 0 saturated carbocycles. The predicted octanol–water partition coefficient (Wildman–Crippen LogP) is 2.48. The number of esters is 1. The van der Waals surface area contributed by atoms with E-state index in [1.165, 1.54) is 11.1 Å². The Hall–Kier alpha value is -2.66. The second kappa shape index (κ2) is 8.57. The maximum atomic E-state index is 12.7. The van der Waals surface area contributed by atoms with Crippen molar-refractivity contribution in [2.45, 2.75) is 44.4 Å². The van der Waals surface area contributed by atoms with E-state index >= 15 is 0 Å². The van der Waals surface area contributed by atoms with Crippen molar-refractivity contribution in [3.8, 4) is 0 Å². The van der Waals surface area contributed by atoms with Crippen LogP contribution in [0.15, 0.2) is 54.6 Å². The molecule has 1 aliphatic carbocycles. The number of ether oxygens (including phenoxy) is 1. The molecule has 2 aliphatic rings. The van der Waals surface area contributed by atoms with Gasteiger partial charge >= 0.3 is 5.97 Å². The van der Waals surface area contributed by atoms with Crippen molar-refractivity contribution >= 4 is 11.9 Å². The summed E-state index contributed by atoms with van der Waals surface area (Å²) in [6.45, 7) is 1.13. The van der Waals surface area contributed by atoms with Crippen LogP contribution < -0.4 is 5.32 Å². The van der Waals surface area contributed by atoms with E-state index in [9.17, 15) is 9.59 Å². The van der Waals surface area contributed by atoms with E-state index in [0.717, 1.165) is 24.8 Å². The first-order valence-corrected chi connectivity index (χ1v) is 10.0. The van der Waals surface area contributed by atoms with Gasteiger partial charge in [0.05, 0.1) is 6.54 Å². The Morgan fingerprint density at radius 2 is 1.68 bits per heavy atom. The molecule has 0 unspecified atom stereocenters. The minimum absolute atomic E-state index is 0.0184. The molecule has 5 nitrogen and oxygen atoms in total. The van der Waals surface area contributed by atoms with Gasteiger partial charge in [-0.15, -0.1) is 0 Å². The van der Waals surface area contributed by atoms with Crippen molar-refractivity contribution in [3.63, 3.8) is 0 Å². The quantitative estimate of drug-likeness (QED) is 0.785. The lowest BCUT2D eigenvalue weighted by Gasteiger charge is -2.24. The van der Waals surface area contributed by atoms with Crippen LogP contribution in [0.3, 0.4) is 0 Å². The van der Waals surface area contributed by atoms with Crippen LogP contribution >= 0.6 is 0 Å². The van der Waals surface area contributed by atoms with Gasteiger partial charge in [-0.3, -0.25) is 4.79 Å². The molecule has 2 aromatic rings. The SMILES string of the molecule is O=C(OCc1ccccc1)[C@@H]1CCCN1C(=O)CNC1Cc2ccccc2C1. The topological polar surface area (TPSA) is 58.6 Å². The fourth-order valence-corrected chi connectivity index (χ4v) is 4.17. The number of amides is 1. The van der Waals surface area contributed by atoms with Gasteiger partial charge in [0.15, 0.2) is 0 Å². The fraction of sp³-hybridized carbons (Fsp3) is 0.391. The molecule has 5 heteroatoms. The average molecular weight is 378 g/mol. The first kappa shape index (κ1) is 18.7. The van der Waals surface area contributed by atoms with E-state index in [0.29, 0.717) is 13.0 Å². The van der Waals surface area contributed by atoms with E-state index in [4.69, 9.17) is 4.74 Å². The predicted molar refractivity (Wildman–Crippen MR) is 107 cm³/mol. The molecule has 28 heavy (non-hydrogen) atoms. The van der Waals surface area contributed by atoms with Crippen LogP contribution in [-0.4, -0.2) is 41.9 Å². The van der Waals surface area contributed by atoms with E-state index in [2.05, 4.69) is 29.6 Å². The molecule has 1 heterocycles. The number of hydrogen-bond acceptors (Lipinski definition) is 4. The molecule has 0 bridgehead atoms. The Morgan fingerprint density at radius 3 is 2.39 bits per heavy atom.